The van der Waals surface area contributed by atoms with Crippen LogP contribution >= 0.6 is 0 Å². The third-order valence-electron chi connectivity index (χ3n) is 2.40. The van der Waals surface area contributed by atoms with Gasteiger partial charge in [-0.25, -0.2) is 0 Å². The molecule has 1 atom stereocenters. The molecule has 0 aromatic heterocycles. The summed E-state index contributed by atoms with van der Waals surface area (Å²) in [6, 6.07) is 0. The van der Waals surface area contributed by atoms with E-state index in [4.69, 9.17) is 20.4 Å². The van der Waals surface area contributed by atoms with Crippen LogP contribution in [0.1, 0.15) is 38.5 Å². The van der Waals surface area contributed by atoms with Crippen molar-refractivity contribution in [3.8, 4) is 0 Å². The van der Waals surface area contributed by atoms with Crippen LogP contribution in [-0.2, 0) is 9.47 Å². The largest absolute Gasteiger partial charge is 0.409 e. The Labute approximate surface area is 90.2 Å². The van der Waals surface area contributed by atoms with Gasteiger partial charge in [0.05, 0.1) is 0 Å². The summed E-state index contributed by atoms with van der Waals surface area (Å²) in [4.78, 5) is 0. The summed E-state index contributed by atoms with van der Waals surface area (Å²) in [6.07, 6.45) is 5.73. The Hall–Kier alpha value is -0.810. The van der Waals surface area contributed by atoms with Gasteiger partial charge < -0.3 is 20.4 Å². The second kappa shape index (κ2) is 7.48. The molecular formula is C10H20N2O3. The Morgan fingerprint density at radius 3 is 3.00 bits per heavy atom. The van der Waals surface area contributed by atoms with Crippen LogP contribution in [0.2, 0.25) is 0 Å². The summed E-state index contributed by atoms with van der Waals surface area (Å²) in [6.45, 7) is 1.50. The number of nitrogens with zero attached hydrogens (tertiary/aromatic N) is 1. The molecule has 1 unspecified atom stereocenters. The second-order valence-electron chi connectivity index (χ2n) is 3.72. The van der Waals surface area contributed by atoms with Gasteiger partial charge in [0.1, 0.15) is 5.84 Å². The van der Waals surface area contributed by atoms with Gasteiger partial charge in [0, 0.05) is 19.6 Å². The Balaban J connectivity index is 1.92. The number of rotatable bonds is 6. The molecule has 0 aromatic rings. The number of unbranched alkanes of at least 4 members (excludes halogenated alkanes) is 1. The van der Waals surface area contributed by atoms with E-state index in [2.05, 4.69) is 5.16 Å². The summed E-state index contributed by atoms with van der Waals surface area (Å²) in [5.41, 5.74) is 5.33. The van der Waals surface area contributed by atoms with E-state index in [1.54, 1.807) is 0 Å². The normalized spacial score (nSPS) is 22.9. The van der Waals surface area contributed by atoms with Crippen molar-refractivity contribution in [1.82, 2.24) is 0 Å². The number of hydrogen-bond acceptors (Lipinski definition) is 4. The van der Waals surface area contributed by atoms with Gasteiger partial charge in [-0.1, -0.05) is 5.16 Å². The lowest BCUT2D eigenvalue weighted by atomic mass is 10.2. The van der Waals surface area contributed by atoms with E-state index in [1.165, 1.54) is 6.42 Å². The van der Waals surface area contributed by atoms with E-state index >= 15 is 0 Å². The fourth-order valence-corrected chi connectivity index (χ4v) is 1.52. The van der Waals surface area contributed by atoms with Crippen LogP contribution in [0.4, 0.5) is 0 Å². The minimum Gasteiger partial charge on any atom is -0.409 e. The van der Waals surface area contributed by atoms with Gasteiger partial charge in [-0.05, 0) is 32.1 Å². The van der Waals surface area contributed by atoms with Gasteiger partial charge in [-0.2, -0.15) is 0 Å². The van der Waals surface area contributed by atoms with E-state index in [0.717, 1.165) is 32.3 Å². The maximum absolute atomic E-state index is 8.31. The molecule has 0 spiro atoms. The SMILES string of the molecule is N/C(CCCCOC1CCCCO1)=N/O. The zero-order chi connectivity index (χ0) is 10.9. The van der Waals surface area contributed by atoms with Gasteiger partial charge in [-0.15, -0.1) is 0 Å². The van der Waals surface area contributed by atoms with Crippen molar-refractivity contribution in [3.05, 3.63) is 0 Å². The first-order chi connectivity index (χ1) is 7.33. The molecule has 15 heavy (non-hydrogen) atoms. The van der Waals surface area contributed by atoms with Crippen molar-refractivity contribution < 1.29 is 14.7 Å². The third kappa shape index (κ3) is 5.59. The molecule has 0 radical (unpaired) electrons. The molecular weight excluding hydrogens is 196 g/mol. The van der Waals surface area contributed by atoms with Gasteiger partial charge >= 0.3 is 0 Å². The van der Waals surface area contributed by atoms with Gasteiger partial charge in [0.2, 0.25) is 0 Å². The molecule has 1 aliphatic heterocycles. The predicted molar refractivity (Wildman–Crippen MR) is 56.8 cm³/mol. The topological polar surface area (TPSA) is 77.1 Å². The van der Waals surface area contributed by atoms with E-state index in [0.29, 0.717) is 13.0 Å². The molecule has 5 nitrogen and oxygen atoms in total. The zero-order valence-corrected chi connectivity index (χ0v) is 9.02. The molecule has 3 N–H and O–H groups in total. The third-order valence-corrected chi connectivity index (χ3v) is 2.40. The molecule has 1 rings (SSSR count). The van der Waals surface area contributed by atoms with Gasteiger partial charge in [0.25, 0.3) is 0 Å². The van der Waals surface area contributed by atoms with Gasteiger partial charge in [0.15, 0.2) is 6.29 Å². The van der Waals surface area contributed by atoms with Crippen LogP contribution in [0.25, 0.3) is 0 Å². The lowest BCUT2D eigenvalue weighted by Gasteiger charge is -2.22. The molecule has 0 amide bonds. The first kappa shape index (κ1) is 12.3. The predicted octanol–water partition coefficient (Wildman–Crippen LogP) is 1.45. The van der Waals surface area contributed by atoms with E-state index in [9.17, 15) is 0 Å². The average molecular weight is 216 g/mol. The smallest absolute Gasteiger partial charge is 0.157 e. The molecule has 1 aliphatic rings. The molecule has 5 heteroatoms. The second-order valence-corrected chi connectivity index (χ2v) is 3.72. The van der Waals surface area contributed by atoms with Crippen molar-refractivity contribution in [1.29, 1.82) is 0 Å². The van der Waals surface area contributed by atoms with Crippen LogP contribution in [0.3, 0.4) is 0 Å². The number of oxime groups is 1. The van der Waals surface area contributed by atoms with Crippen molar-refractivity contribution in [2.45, 2.75) is 44.8 Å². The lowest BCUT2D eigenvalue weighted by molar-refractivity contribution is -0.162. The van der Waals surface area contributed by atoms with Crippen molar-refractivity contribution in [3.63, 3.8) is 0 Å². The van der Waals surface area contributed by atoms with Crippen LogP contribution in [0, 0.1) is 0 Å². The molecule has 1 saturated heterocycles. The first-order valence-corrected chi connectivity index (χ1v) is 5.52. The molecule has 0 aromatic carbocycles. The molecule has 0 saturated carbocycles. The molecule has 88 valence electrons. The highest BCUT2D eigenvalue weighted by Gasteiger charge is 2.13. The minimum absolute atomic E-state index is 0.0115. The van der Waals surface area contributed by atoms with Crippen LogP contribution < -0.4 is 5.73 Å². The number of nitrogens with two attached hydrogens (primary N) is 1. The van der Waals surface area contributed by atoms with Crippen molar-refractivity contribution in [2.75, 3.05) is 13.2 Å². The van der Waals surface area contributed by atoms with E-state index < -0.39 is 0 Å². The van der Waals surface area contributed by atoms with Crippen LogP contribution in [0.15, 0.2) is 5.16 Å². The quantitative estimate of drug-likeness (QED) is 0.231. The Morgan fingerprint density at radius 1 is 1.47 bits per heavy atom. The Bertz CT molecular complexity index is 191. The van der Waals surface area contributed by atoms with Crippen molar-refractivity contribution in [2.24, 2.45) is 10.9 Å². The monoisotopic (exact) mass is 216 g/mol. The van der Waals surface area contributed by atoms with Crippen LogP contribution in [-0.4, -0.2) is 30.5 Å². The summed E-state index contributed by atoms with van der Waals surface area (Å²) >= 11 is 0. The van der Waals surface area contributed by atoms with E-state index in [-0.39, 0.29) is 12.1 Å². The summed E-state index contributed by atoms with van der Waals surface area (Å²) in [7, 11) is 0. The Kier molecular flexibility index (Phi) is 6.11. The lowest BCUT2D eigenvalue weighted by Crippen LogP contribution is -2.22. The molecule has 1 fully saturated rings. The fourth-order valence-electron chi connectivity index (χ4n) is 1.52. The van der Waals surface area contributed by atoms with Crippen LogP contribution in [0.5, 0.6) is 0 Å². The standard InChI is InChI=1S/C10H20N2O3/c11-9(12-13)5-1-3-7-14-10-6-2-4-8-15-10/h10,13H,1-8H2,(H2,11,12). The summed E-state index contributed by atoms with van der Waals surface area (Å²) < 4.78 is 10.9. The fraction of sp³-hybridized carbons (Fsp3) is 0.900. The number of hydrogen-bond donors (Lipinski definition) is 2. The first-order valence-electron chi connectivity index (χ1n) is 5.52. The highest BCUT2D eigenvalue weighted by Crippen LogP contribution is 2.14. The summed E-state index contributed by atoms with van der Waals surface area (Å²) in [5.74, 6) is 0.281. The minimum atomic E-state index is -0.0115. The average Bonchev–Trinajstić information content (AvgIpc) is 2.29. The molecule has 1 heterocycles. The molecule has 0 bridgehead atoms. The maximum Gasteiger partial charge on any atom is 0.157 e. The number of ether oxygens (including phenoxy) is 2. The maximum atomic E-state index is 8.31. The Morgan fingerprint density at radius 2 is 2.33 bits per heavy atom. The van der Waals surface area contributed by atoms with Crippen molar-refractivity contribution >= 4 is 5.84 Å². The zero-order valence-electron chi connectivity index (χ0n) is 9.02. The highest BCUT2D eigenvalue weighted by molar-refractivity contribution is 5.79. The number of amidine groups is 1. The van der Waals surface area contributed by atoms with E-state index in [1.807, 2.05) is 0 Å². The highest BCUT2D eigenvalue weighted by atomic mass is 16.7. The summed E-state index contributed by atoms with van der Waals surface area (Å²) in [5, 5.41) is 11.2. The molecule has 0 aliphatic carbocycles. The van der Waals surface area contributed by atoms with Gasteiger partial charge in [-0.3, -0.25) is 0 Å².